The van der Waals surface area contributed by atoms with Gasteiger partial charge in [0.25, 0.3) is 0 Å². The molecule has 0 heterocycles. The third-order valence-electron chi connectivity index (χ3n) is 2.60. The van der Waals surface area contributed by atoms with E-state index in [9.17, 15) is 9.59 Å². The molecule has 6 nitrogen and oxygen atoms in total. The Labute approximate surface area is 94.6 Å². The van der Waals surface area contributed by atoms with Crippen LogP contribution in [0, 0.1) is 5.92 Å². The van der Waals surface area contributed by atoms with Gasteiger partial charge >= 0.3 is 12.0 Å². The zero-order valence-electron chi connectivity index (χ0n) is 9.60. The molecule has 0 aromatic rings. The van der Waals surface area contributed by atoms with Gasteiger partial charge in [0.05, 0.1) is 6.61 Å². The highest BCUT2D eigenvalue weighted by Gasteiger charge is 2.35. The highest BCUT2D eigenvalue weighted by molar-refractivity contribution is 5.80. The second-order valence-electron chi connectivity index (χ2n) is 4.08. The number of nitrogens with zero attached hydrogens (tertiary/aromatic N) is 1. The van der Waals surface area contributed by atoms with E-state index in [1.807, 2.05) is 6.92 Å². The zero-order chi connectivity index (χ0) is 12.1. The fraction of sp³-hybridized carbons (Fsp3) is 0.800. The Hall–Kier alpha value is -1.30. The molecule has 2 amide bonds. The molecule has 1 rings (SSSR count). The van der Waals surface area contributed by atoms with Crippen LogP contribution >= 0.6 is 0 Å². The lowest BCUT2D eigenvalue weighted by atomic mass is 10.4. The first-order valence-corrected chi connectivity index (χ1v) is 5.30. The third kappa shape index (κ3) is 4.06. The Bertz CT molecular complexity index is 270. The van der Waals surface area contributed by atoms with Gasteiger partial charge in [-0.3, -0.25) is 4.79 Å². The van der Waals surface area contributed by atoms with E-state index in [1.54, 1.807) is 0 Å². The third-order valence-corrected chi connectivity index (χ3v) is 2.60. The second-order valence-corrected chi connectivity index (χ2v) is 4.08. The molecule has 0 aromatic heterocycles. The lowest BCUT2D eigenvalue weighted by molar-refractivity contribution is -0.137. The normalized spacial score (nSPS) is 22.6. The maximum absolute atomic E-state index is 11.7. The lowest BCUT2D eigenvalue weighted by Crippen LogP contribution is -2.45. The molecule has 2 atom stereocenters. The number of rotatable bonds is 6. The maximum atomic E-state index is 11.7. The standard InChI is InChI=1S/C10H18N2O4/c1-7-5-8(7)11-10(15)12(3-4-16-2)6-9(13)14/h7-8H,3-6H2,1-2H3,(H,11,15)(H,13,14). The molecule has 16 heavy (non-hydrogen) atoms. The van der Waals surface area contributed by atoms with E-state index in [4.69, 9.17) is 9.84 Å². The summed E-state index contributed by atoms with van der Waals surface area (Å²) in [5.74, 6) is -0.520. The highest BCUT2D eigenvalue weighted by atomic mass is 16.5. The van der Waals surface area contributed by atoms with Gasteiger partial charge in [-0.25, -0.2) is 4.79 Å². The molecule has 0 saturated heterocycles. The van der Waals surface area contributed by atoms with Gasteiger partial charge in [0.1, 0.15) is 6.54 Å². The number of amides is 2. The lowest BCUT2D eigenvalue weighted by Gasteiger charge is -2.20. The molecule has 0 bridgehead atoms. The molecule has 0 aliphatic heterocycles. The summed E-state index contributed by atoms with van der Waals surface area (Å²) in [5.41, 5.74) is 0. The first-order valence-electron chi connectivity index (χ1n) is 5.30. The maximum Gasteiger partial charge on any atom is 0.323 e. The van der Waals surface area contributed by atoms with Crippen molar-refractivity contribution < 1.29 is 19.4 Å². The van der Waals surface area contributed by atoms with Crippen LogP contribution in [0.1, 0.15) is 13.3 Å². The van der Waals surface area contributed by atoms with Crippen LogP contribution < -0.4 is 5.32 Å². The van der Waals surface area contributed by atoms with Crippen molar-refractivity contribution in [3.05, 3.63) is 0 Å². The van der Waals surface area contributed by atoms with E-state index in [0.29, 0.717) is 12.5 Å². The van der Waals surface area contributed by atoms with Crippen LogP contribution in [0.5, 0.6) is 0 Å². The van der Waals surface area contributed by atoms with Gasteiger partial charge < -0.3 is 20.1 Å². The monoisotopic (exact) mass is 230 g/mol. The molecule has 1 saturated carbocycles. The smallest absolute Gasteiger partial charge is 0.323 e. The van der Waals surface area contributed by atoms with Crippen molar-refractivity contribution in [3.63, 3.8) is 0 Å². The highest BCUT2D eigenvalue weighted by Crippen LogP contribution is 2.28. The predicted octanol–water partition coefficient (Wildman–Crippen LogP) is 0.137. The molecule has 0 aromatic carbocycles. The molecule has 2 unspecified atom stereocenters. The zero-order valence-corrected chi connectivity index (χ0v) is 9.60. The summed E-state index contributed by atoms with van der Waals surface area (Å²) >= 11 is 0. The largest absolute Gasteiger partial charge is 0.480 e. The number of carboxylic acids is 1. The molecule has 1 aliphatic rings. The Morgan fingerprint density at radius 3 is 2.62 bits per heavy atom. The van der Waals surface area contributed by atoms with Crippen LogP contribution in [-0.2, 0) is 9.53 Å². The molecule has 0 spiro atoms. The average Bonchev–Trinajstić information content (AvgIpc) is 2.88. The van der Waals surface area contributed by atoms with Gasteiger partial charge in [-0.05, 0) is 12.3 Å². The number of aliphatic carboxylic acids is 1. The SMILES string of the molecule is COCCN(CC(=O)O)C(=O)NC1CC1C. The van der Waals surface area contributed by atoms with E-state index in [0.717, 1.165) is 6.42 Å². The number of carbonyl (C=O) groups excluding carboxylic acids is 1. The Kier molecular flexibility index (Phi) is 4.54. The number of hydrogen-bond donors (Lipinski definition) is 2. The van der Waals surface area contributed by atoms with Gasteiger partial charge in [-0.1, -0.05) is 6.92 Å². The quantitative estimate of drug-likeness (QED) is 0.680. The van der Waals surface area contributed by atoms with Crippen molar-refractivity contribution in [1.29, 1.82) is 0 Å². The fourth-order valence-electron chi connectivity index (χ4n) is 1.39. The van der Waals surface area contributed by atoms with Gasteiger partial charge in [0, 0.05) is 19.7 Å². The minimum atomic E-state index is -1.02. The Balaban J connectivity index is 2.39. The van der Waals surface area contributed by atoms with E-state index in [1.165, 1.54) is 12.0 Å². The van der Waals surface area contributed by atoms with E-state index >= 15 is 0 Å². The molecule has 0 radical (unpaired) electrons. The summed E-state index contributed by atoms with van der Waals surface area (Å²) in [7, 11) is 1.51. The predicted molar refractivity (Wildman–Crippen MR) is 57.2 cm³/mol. The van der Waals surface area contributed by atoms with Crippen LogP contribution in [0.25, 0.3) is 0 Å². The minimum Gasteiger partial charge on any atom is -0.480 e. The first-order chi connectivity index (χ1) is 7.54. The number of ether oxygens (including phenoxy) is 1. The number of methoxy groups -OCH3 is 1. The number of carboxylic acid groups (broad SMARTS) is 1. The minimum absolute atomic E-state index is 0.200. The van der Waals surface area contributed by atoms with Crippen molar-refractivity contribution in [2.75, 3.05) is 26.8 Å². The van der Waals surface area contributed by atoms with Crippen LogP contribution in [0.3, 0.4) is 0 Å². The number of carbonyl (C=O) groups is 2. The number of nitrogens with one attached hydrogen (secondary N) is 1. The summed E-state index contributed by atoms with van der Waals surface area (Å²) < 4.78 is 4.83. The molecule has 1 fully saturated rings. The summed E-state index contributed by atoms with van der Waals surface area (Å²) in [6.07, 6.45) is 0.969. The first kappa shape index (κ1) is 12.8. The summed E-state index contributed by atoms with van der Waals surface area (Å²) in [4.78, 5) is 23.5. The van der Waals surface area contributed by atoms with Crippen molar-refractivity contribution in [2.24, 2.45) is 5.92 Å². The fourth-order valence-corrected chi connectivity index (χ4v) is 1.39. The Morgan fingerprint density at radius 1 is 1.56 bits per heavy atom. The van der Waals surface area contributed by atoms with Crippen LogP contribution in [-0.4, -0.2) is 54.9 Å². The van der Waals surface area contributed by atoms with E-state index < -0.39 is 5.97 Å². The van der Waals surface area contributed by atoms with Crippen molar-refractivity contribution in [3.8, 4) is 0 Å². The van der Waals surface area contributed by atoms with E-state index in [2.05, 4.69) is 5.32 Å². The molecule has 92 valence electrons. The van der Waals surface area contributed by atoms with Gasteiger partial charge in [0.15, 0.2) is 0 Å². The van der Waals surface area contributed by atoms with E-state index in [-0.39, 0.29) is 25.2 Å². The number of hydrogen-bond acceptors (Lipinski definition) is 3. The van der Waals surface area contributed by atoms with Gasteiger partial charge in [-0.2, -0.15) is 0 Å². The molecule has 6 heteroatoms. The van der Waals surface area contributed by atoms with Crippen molar-refractivity contribution in [2.45, 2.75) is 19.4 Å². The topological polar surface area (TPSA) is 78.9 Å². The van der Waals surface area contributed by atoms with Gasteiger partial charge in [0.2, 0.25) is 0 Å². The Morgan fingerprint density at radius 2 is 2.19 bits per heavy atom. The summed E-state index contributed by atoms with van der Waals surface area (Å²) in [6.45, 7) is 2.37. The van der Waals surface area contributed by atoms with Crippen LogP contribution in [0.15, 0.2) is 0 Å². The molecular weight excluding hydrogens is 212 g/mol. The summed E-state index contributed by atoms with van der Waals surface area (Å²) in [5, 5.41) is 11.5. The summed E-state index contributed by atoms with van der Waals surface area (Å²) in [6, 6.07) is -0.125. The van der Waals surface area contributed by atoms with Gasteiger partial charge in [-0.15, -0.1) is 0 Å². The second kappa shape index (κ2) is 5.69. The molecular formula is C10H18N2O4. The number of urea groups is 1. The molecule has 1 aliphatic carbocycles. The van der Waals surface area contributed by atoms with Crippen LogP contribution in [0.2, 0.25) is 0 Å². The van der Waals surface area contributed by atoms with Crippen LogP contribution in [0.4, 0.5) is 4.79 Å². The van der Waals surface area contributed by atoms with Crippen molar-refractivity contribution in [1.82, 2.24) is 10.2 Å². The molecule has 2 N–H and O–H groups in total. The average molecular weight is 230 g/mol. The van der Waals surface area contributed by atoms with Crippen molar-refractivity contribution >= 4 is 12.0 Å².